The van der Waals surface area contributed by atoms with E-state index in [1.54, 1.807) is 9.47 Å². The number of aromatic nitrogens is 1. The molecule has 4 rings (SSSR count). The molecule has 2 fully saturated rings. The van der Waals surface area contributed by atoms with E-state index in [9.17, 15) is 14.4 Å². The molecule has 0 unspecified atom stereocenters. The van der Waals surface area contributed by atoms with Crippen LogP contribution in [0.3, 0.4) is 0 Å². The molecule has 1 aromatic carbocycles. The van der Waals surface area contributed by atoms with Gasteiger partial charge in [-0.15, -0.1) is 0 Å². The van der Waals surface area contributed by atoms with Crippen LogP contribution in [0.4, 0.5) is 14.9 Å². The Morgan fingerprint density at radius 3 is 2.58 bits per heavy atom. The first kappa shape index (κ1) is 21.2. The number of amides is 1. The molecule has 1 aliphatic carbocycles. The summed E-state index contributed by atoms with van der Waals surface area (Å²) in [6, 6.07) is 1.23. The topological polar surface area (TPSA) is 90.3 Å². The summed E-state index contributed by atoms with van der Waals surface area (Å²) in [5, 5.41) is 1.30. The minimum Gasteiger partial charge on any atom is -0.492 e. The Hall–Kier alpha value is -3.08. The van der Waals surface area contributed by atoms with Gasteiger partial charge in [0.25, 0.3) is 0 Å². The smallest absolute Gasteiger partial charge is 0.343 e. The van der Waals surface area contributed by atoms with Gasteiger partial charge in [0.15, 0.2) is 17.4 Å². The second kappa shape index (κ2) is 8.22. The highest BCUT2D eigenvalue weighted by molar-refractivity contribution is 6.56. The highest BCUT2D eigenvalue weighted by atomic mass is 19.1. The third-order valence-electron chi connectivity index (χ3n) is 5.60. The van der Waals surface area contributed by atoms with Gasteiger partial charge in [0.05, 0.1) is 38.3 Å². The number of hydroxylamine groups is 2. The number of methoxy groups -OCH3 is 2. The second-order valence-electron chi connectivity index (χ2n) is 7.58. The van der Waals surface area contributed by atoms with Crippen LogP contribution in [0.25, 0.3) is 10.9 Å². The van der Waals surface area contributed by atoms with Crippen LogP contribution in [0.2, 0.25) is 0 Å². The largest absolute Gasteiger partial charge is 0.492 e. The predicted molar refractivity (Wildman–Crippen MR) is 113 cm³/mol. The van der Waals surface area contributed by atoms with Gasteiger partial charge in [-0.25, -0.2) is 14.2 Å². The van der Waals surface area contributed by atoms with Gasteiger partial charge >= 0.3 is 5.97 Å². The van der Waals surface area contributed by atoms with E-state index in [4.69, 9.17) is 14.3 Å². The summed E-state index contributed by atoms with van der Waals surface area (Å²) >= 11 is 0. The Balaban J connectivity index is 1.91. The van der Waals surface area contributed by atoms with Crippen molar-refractivity contribution in [2.75, 3.05) is 45.4 Å². The van der Waals surface area contributed by atoms with Crippen molar-refractivity contribution in [3.8, 4) is 5.75 Å². The lowest BCUT2D eigenvalue weighted by Crippen LogP contribution is -2.34. The minimum atomic E-state index is -0.765. The van der Waals surface area contributed by atoms with Crippen molar-refractivity contribution >= 4 is 36.2 Å². The molecule has 1 saturated carbocycles. The number of pyridine rings is 1. The number of fused-ring (bicyclic) bond motifs is 1. The van der Waals surface area contributed by atoms with Crippen LogP contribution in [-0.4, -0.2) is 69.7 Å². The molecule has 0 bridgehead atoms. The molecule has 1 aliphatic heterocycles. The summed E-state index contributed by atoms with van der Waals surface area (Å²) in [5.74, 6) is -1.43. The van der Waals surface area contributed by atoms with Gasteiger partial charge in [0.2, 0.25) is 13.3 Å². The number of esters is 1. The molecule has 1 amide bonds. The van der Waals surface area contributed by atoms with Gasteiger partial charge < -0.3 is 18.9 Å². The number of carbonyl (C=O) groups is 2. The van der Waals surface area contributed by atoms with E-state index < -0.39 is 17.2 Å². The lowest BCUT2D eigenvalue weighted by atomic mass is 10.1. The predicted octanol–water partition coefficient (Wildman–Crippen LogP) is 1.08. The molecule has 2 aromatic rings. The monoisotopic (exact) mass is 431 g/mol. The van der Waals surface area contributed by atoms with Gasteiger partial charge in [-0.3, -0.25) is 14.4 Å². The van der Waals surface area contributed by atoms with Crippen LogP contribution in [0.15, 0.2) is 17.1 Å². The van der Waals surface area contributed by atoms with E-state index in [1.165, 1.54) is 33.3 Å². The standard InChI is InChI=1S/C20H23BFN3O6/c1-29-18-15-12(17(26)13(19(27)30-2)10-24(15)11-3-4-11)9-14(22)16(18)23-5-6-25(20(21)28)31-8-7-23/h9-11H,3-8,21H2,1-2H3. The average molecular weight is 431 g/mol. The fraction of sp³-hybridized carbons (Fsp3) is 0.450. The first-order chi connectivity index (χ1) is 14.9. The molecule has 1 aromatic heterocycles. The fourth-order valence-electron chi connectivity index (χ4n) is 3.95. The van der Waals surface area contributed by atoms with Gasteiger partial charge in [-0.05, 0) is 18.9 Å². The summed E-state index contributed by atoms with van der Waals surface area (Å²) in [6.07, 6.45) is 3.22. The third-order valence-corrected chi connectivity index (χ3v) is 5.60. The molecule has 11 heteroatoms. The van der Waals surface area contributed by atoms with E-state index in [2.05, 4.69) is 0 Å². The quantitative estimate of drug-likeness (QED) is 0.529. The molecule has 164 valence electrons. The van der Waals surface area contributed by atoms with E-state index >= 15 is 4.39 Å². The highest BCUT2D eigenvalue weighted by Crippen LogP contribution is 2.43. The zero-order chi connectivity index (χ0) is 22.3. The SMILES string of the molecule is BC(=O)N1CCN(c2c(F)cc3c(=O)c(C(=O)OC)cn(C4CC4)c3c2OC)CCO1. The summed E-state index contributed by atoms with van der Waals surface area (Å²) in [7, 11) is 4.02. The molecule has 1 saturated heterocycles. The molecule has 0 spiro atoms. The van der Waals surface area contributed by atoms with E-state index in [0.29, 0.717) is 18.6 Å². The van der Waals surface area contributed by atoms with E-state index in [1.807, 2.05) is 0 Å². The molecule has 2 heterocycles. The number of carbonyl (C=O) groups excluding carboxylic acids is 2. The Morgan fingerprint density at radius 2 is 1.97 bits per heavy atom. The Labute approximate surface area is 178 Å². The number of anilines is 1. The molecule has 9 nitrogen and oxygen atoms in total. The maximum atomic E-state index is 15.4. The number of nitrogens with zero attached hydrogens (tertiary/aromatic N) is 3. The zero-order valence-electron chi connectivity index (χ0n) is 17.6. The number of halogens is 1. The lowest BCUT2D eigenvalue weighted by molar-refractivity contribution is -0.0963. The summed E-state index contributed by atoms with van der Waals surface area (Å²) in [5.41, 5.74) is -0.114. The van der Waals surface area contributed by atoms with Crippen molar-refractivity contribution in [1.82, 2.24) is 9.63 Å². The van der Waals surface area contributed by atoms with Crippen molar-refractivity contribution in [3.63, 3.8) is 0 Å². The normalized spacial score (nSPS) is 16.9. The van der Waals surface area contributed by atoms with Crippen LogP contribution in [-0.2, 0) is 9.57 Å². The maximum Gasteiger partial charge on any atom is 0.343 e. The number of hydrogen-bond donors (Lipinski definition) is 0. The number of benzene rings is 1. The van der Waals surface area contributed by atoms with Crippen molar-refractivity contribution in [1.29, 1.82) is 0 Å². The molecule has 0 atom stereocenters. The van der Waals surface area contributed by atoms with E-state index in [-0.39, 0.29) is 47.4 Å². The van der Waals surface area contributed by atoms with E-state index in [0.717, 1.165) is 18.9 Å². The van der Waals surface area contributed by atoms with Crippen molar-refractivity contribution in [2.45, 2.75) is 18.9 Å². The summed E-state index contributed by atoms with van der Waals surface area (Å²) in [6.45, 7) is 1.10. The maximum absolute atomic E-state index is 15.4. The molecular weight excluding hydrogens is 408 g/mol. The van der Waals surface area contributed by atoms with Crippen LogP contribution >= 0.6 is 0 Å². The molecular formula is C20H23BFN3O6. The van der Waals surface area contributed by atoms with Gasteiger partial charge in [-0.2, -0.15) is 0 Å². The van der Waals surface area contributed by atoms with Crippen LogP contribution in [0.5, 0.6) is 5.75 Å². The van der Waals surface area contributed by atoms with Gasteiger partial charge in [0, 0.05) is 25.3 Å². The first-order valence-electron chi connectivity index (χ1n) is 10.1. The first-order valence-corrected chi connectivity index (χ1v) is 10.1. The van der Waals surface area contributed by atoms with Crippen LogP contribution < -0.4 is 15.1 Å². The van der Waals surface area contributed by atoms with Crippen molar-refractivity contribution < 1.29 is 28.3 Å². The Kier molecular flexibility index (Phi) is 5.61. The number of hydrogen-bond acceptors (Lipinski definition) is 7. The lowest BCUT2D eigenvalue weighted by Gasteiger charge is -2.26. The Bertz CT molecular complexity index is 1120. The summed E-state index contributed by atoms with van der Waals surface area (Å²) < 4.78 is 27.5. The van der Waals surface area contributed by atoms with Crippen LogP contribution in [0.1, 0.15) is 29.2 Å². The zero-order valence-corrected chi connectivity index (χ0v) is 17.6. The molecule has 0 radical (unpaired) electrons. The van der Waals surface area contributed by atoms with Gasteiger partial charge in [-0.1, -0.05) is 0 Å². The molecule has 31 heavy (non-hydrogen) atoms. The number of ether oxygens (including phenoxy) is 2. The molecule has 0 N–H and O–H groups in total. The second-order valence-corrected chi connectivity index (χ2v) is 7.58. The van der Waals surface area contributed by atoms with Gasteiger partial charge in [0.1, 0.15) is 11.3 Å². The van der Waals surface area contributed by atoms with Crippen LogP contribution in [0, 0.1) is 5.82 Å². The average Bonchev–Trinajstić information content (AvgIpc) is 3.60. The third kappa shape index (κ3) is 3.73. The minimum absolute atomic E-state index is 0.0596. The summed E-state index contributed by atoms with van der Waals surface area (Å²) in [4.78, 5) is 43.9. The fourth-order valence-corrected chi connectivity index (χ4v) is 3.95. The van der Waals surface area contributed by atoms with Crippen molar-refractivity contribution in [3.05, 3.63) is 33.9 Å². The highest BCUT2D eigenvalue weighted by Gasteiger charge is 2.32. The molecule has 2 aliphatic rings. The Morgan fingerprint density at radius 1 is 1.23 bits per heavy atom. The van der Waals surface area contributed by atoms with Crippen molar-refractivity contribution in [2.24, 2.45) is 0 Å². The number of rotatable bonds is 4.